The summed E-state index contributed by atoms with van der Waals surface area (Å²) >= 11 is 11.7. The summed E-state index contributed by atoms with van der Waals surface area (Å²) in [5.74, 6) is -0.0234. The number of carbonyl (C=O) groups is 2. The lowest BCUT2D eigenvalue weighted by molar-refractivity contribution is -0.132. The highest BCUT2D eigenvalue weighted by Crippen LogP contribution is 2.36. The molecule has 2 N–H and O–H groups in total. The molecule has 2 fully saturated rings. The van der Waals surface area contributed by atoms with Crippen LogP contribution in [0.25, 0.3) is 0 Å². The summed E-state index contributed by atoms with van der Waals surface area (Å²) in [6.45, 7) is 2.13. The van der Waals surface area contributed by atoms with Gasteiger partial charge >= 0.3 is 6.03 Å². The predicted octanol–water partition coefficient (Wildman–Crippen LogP) is 3.53. The van der Waals surface area contributed by atoms with E-state index in [4.69, 9.17) is 23.2 Å². The summed E-state index contributed by atoms with van der Waals surface area (Å²) in [7, 11) is 0. The van der Waals surface area contributed by atoms with Crippen molar-refractivity contribution >= 4 is 41.4 Å². The molecule has 1 aliphatic heterocycles. The van der Waals surface area contributed by atoms with E-state index in [0.717, 1.165) is 17.9 Å². The van der Waals surface area contributed by atoms with Crippen LogP contribution in [0.5, 0.6) is 5.75 Å². The molecule has 3 amide bonds. The molecule has 0 radical (unpaired) electrons. The van der Waals surface area contributed by atoms with Gasteiger partial charge in [0.15, 0.2) is 0 Å². The van der Waals surface area contributed by atoms with Crippen LogP contribution < -0.4 is 5.32 Å². The molecule has 8 heteroatoms. The lowest BCUT2D eigenvalue weighted by Crippen LogP contribution is -2.49. The zero-order valence-electron chi connectivity index (χ0n) is 13.1. The van der Waals surface area contributed by atoms with Crippen LogP contribution in [-0.4, -0.2) is 33.8 Å². The third kappa shape index (κ3) is 2.96. The van der Waals surface area contributed by atoms with Crippen LogP contribution in [0.1, 0.15) is 38.2 Å². The zero-order chi connectivity index (χ0) is 17.5. The largest absolute Gasteiger partial charge is 0.506 e. The standard InChI is InChI=1S/C16H17Cl2N3O3/c1-9-2-4-16(5-3-9)14(23)21(15(24)20-16)19-8-10-6-11(17)7-12(18)13(10)22/h6-9,22H,2-5H2,1H3,(H,20,24)/b19-8+. The molecule has 0 unspecified atom stereocenters. The summed E-state index contributed by atoms with van der Waals surface area (Å²) < 4.78 is 0. The number of urea groups is 1. The van der Waals surface area contributed by atoms with Crippen molar-refractivity contribution in [3.05, 3.63) is 27.7 Å². The van der Waals surface area contributed by atoms with Gasteiger partial charge in [0.1, 0.15) is 11.3 Å². The van der Waals surface area contributed by atoms with Gasteiger partial charge in [-0.05, 0) is 43.7 Å². The molecule has 0 atom stereocenters. The minimum absolute atomic E-state index is 0.0684. The Balaban J connectivity index is 1.83. The Kier molecular flexibility index (Phi) is 4.44. The number of nitrogens with one attached hydrogen (secondary N) is 1. The Morgan fingerprint density at radius 2 is 2.00 bits per heavy atom. The molecule has 1 spiro atoms. The van der Waals surface area contributed by atoms with Gasteiger partial charge in [-0.2, -0.15) is 5.10 Å². The summed E-state index contributed by atoms with van der Waals surface area (Å²) in [5, 5.41) is 17.8. The number of aromatic hydroxyl groups is 1. The zero-order valence-corrected chi connectivity index (χ0v) is 14.6. The normalized spacial score (nSPS) is 27.3. The van der Waals surface area contributed by atoms with Gasteiger partial charge in [-0.3, -0.25) is 4.79 Å². The van der Waals surface area contributed by atoms with E-state index < -0.39 is 11.6 Å². The smallest absolute Gasteiger partial charge is 0.346 e. The number of imide groups is 1. The Bertz CT molecular complexity index is 728. The molecule has 1 aromatic carbocycles. The highest BCUT2D eigenvalue weighted by atomic mass is 35.5. The van der Waals surface area contributed by atoms with Gasteiger partial charge in [0.25, 0.3) is 5.91 Å². The first-order valence-electron chi connectivity index (χ1n) is 7.71. The van der Waals surface area contributed by atoms with Crippen LogP contribution >= 0.6 is 23.2 Å². The van der Waals surface area contributed by atoms with Gasteiger partial charge in [-0.1, -0.05) is 30.1 Å². The first kappa shape index (κ1) is 17.0. The number of carbonyl (C=O) groups excluding carboxylic acids is 2. The van der Waals surface area contributed by atoms with E-state index >= 15 is 0 Å². The maximum Gasteiger partial charge on any atom is 0.346 e. The molecule has 1 aromatic rings. The van der Waals surface area contributed by atoms with E-state index in [1.54, 1.807) is 0 Å². The SMILES string of the molecule is CC1CCC2(CC1)NC(=O)N(/N=C/c1cc(Cl)cc(Cl)c1O)C2=O. The molecular weight excluding hydrogens is 353 g/mol. The average Bonchev–Trinajstić information content (AvgIpc) is 2.76. The minimum atomic E-state index is -0.852. The summed E-state index contributed by atoms with van der Waals surface area (Å²) in [4.78, 5) is 24.8. The van der Waals surface area contributed by atoms with Crippen LogP contribution in [0.3, 0.4) is 0 Å². The molecular formula is C16H17Cl2N3O3. The number of nitrogens with zero attached hydrogens (tertiary/aromatic N) is 2. The van der Waals surface area contributed by atoms with Gasteiger partial charge in [0.2, 0.25) is 0 Å². The highest BCUT2D eigenvalue weighted by molar-refractivity contribution is 6.36. The van der Waals surface area contributed by atoms with Gasteiger partial charge in [-0.25, -0.2) is 4.79 Å². The number of hydrazone groups is 1. The molecule has 2 aliphatic rings. The molecule has 0 bridgehead atoms. The molecule has 24 heavy (non-hydrogen) atoms. The molecule has 1 saturated carbocycles. The predicted molar refractivity (Wildman–Crippen MR) is 91.5 cm³/mol. The molecule has 1 saturated heterocycles. The number of halogens is 2. The van der Waals surface area contributed by atoms with E-state index in [2.05, 4.69) is 17.3 Å². The topological polar surface area (TPSA) is 82.0 Å². The maximum atomic E-state index is 12.7. The fraction of sp³-hybridized carbons (Fsp3) is 0.438. The molecule has 1 heterocycles. The van der Waals surface area contributed by atoms with Crippen molar-refractivity contribution in [3.8, 4) is 5.75 Å². The molecule has 128 valence electrons. The van der Waals surface area contributed by atoms with E-state index in [0.29, 0.717) is 23.8 Å². The van der Waals surface area contributed by atoms with Crippen LogP contribution in [0.4, 0.5) is 4.79 Å². The van der Waals surface area contributed by atoms with Crippen LogP contribution in [-0.2, 0) is 4.79 Å². The average molecular weight is 370 g/mol. The van der Waals surface area contributed by atoms with Gasteiger partial charge < -0.3 is 10.4 Å². The molecule has 0 aromatic heterocycles. The van der Waals surface area contributed by atoms with Gasteiger partial charge in [-0.15, -0.1) is 5.01 Å². The fourth-order valence-electron chi connectivity index (χ4n) is 3.11. The first-order chi connectivity index (χ1) is 11.3. The third-order valence-electron chi connectivity index (χ3n) is 4.64. The Morgan fingerprint density at radius 3 is 2.67 bits per heavy atom. The van der Waals surface area contributed by atoms with Crippen molar-refractivity contribution in [1.82, 2.24) is 10.3 Å². The van der Waals surface area contributed by atoms with Gasteiger partial charge in [0, 0.05) is 10.6 Å². The fourth-order valence-corrected chi connectivity index (χ4v) is 3.62. The number of phenols is 1. The Labute approximate surface area is 149 Å². The summed E-state index contributed by atoms with van der Waals surface area (Å²) in [6, 6.07) is 2.28. The number of hydrogen-bond acceptors (Lipinski definition) is 4. The van der Waals surface area contributed by atoms with Crippen LogP contribution in [0, 0.1) is 5.92 Å². The van der Waals surface area contributed by atoms with E-state index in [1.165, 1.54) is 18.3 Å². The quantitative estimate of drug-likeness (QED) is 0.617. The van der Waals surface area contributed by atoms with Crippen molar-refractivity contribution in [2.75, 3.05) is 0 Å². The lowest BCUT2D eigenvalue weighted by Gasteiger charge is -2.33. The van der Waals surface area contributed by atoms with Crippen molar-refractivity contribution < 1.29 is 14.7 Å². The Morgan fingerprint density at radius 1 is 1.33 bits per heavy atom. The van der Waals surface area contributed by atoms with Crippen molar-refractivity contribution in [2.24, 2.45) is 11.0 Å². The third-order valence-corrected chi connectivity index (χ3v) is 5.14. The molecule has 3 rings (SSSR count). The van der Waals surface area contributed by atoms with Crippen molar-refractivity contribution in [3.63, 3.8) is 0 Å². The number of rotatable bonds is 2. The van der Waals surface area contributed by atoms with Crippen molar-refractivity contribution in [1.29, 1.82) is 0 Å². The minimum Gasteiger partial charge on any atom is -0.506 e. The second-order valence-electron chi connectivity index (χ2n) is 6.38. The van der Waals surface area contributed by atoms with Crippen molar-refractivity contribution in [2.45, 2.75) is 38.1 Å². The molecule has 1 aliphatic carbocycles. The van der Waals surface area contributed by atoms with E-state index in [9.17, 15) is 14.7 Å². The number of benzene rings is 1. The maximum absolute atomic E-state index is 12.7. The van der Waals surface area contributed by atoms with Crippen LogP contribution in [0.2, 0.25) is 10.0 Å². The number of phenolic OH excluding ortho intramolecular Hbond substituents is 1. The lowest BCUT2D eigenvalue weighted by atomic mass is 9.77. The second kappa shape index (κ2) is 6.26. The van der Waals surface area contributed by atoms with E-state index in [-0.39, 0.29) is 22.2 Å². The van der Waals surface area contributed by atoms with Gasteiger partial charge in [0.05, 0.1) is 11.2 Å². The number of hydrogen-bond donors (Lipinski definition) is 2. The second-order valence-corrected chi connectivity index (χ2v) is 7.23. The summed E-state index contributed by atoms with van der Waals surface area (Å²) in [5.41, 5.74) is -0.624. The Hall–Kier alpha value is -1.79. The monoisotopic (exact) mass is 369 g/mol. The van der Waals surface area contributed by atoms with E-state index in [1.807, 2.05) is 0 Å². The summed E-state index contributed by atoms with van der Waals surface area (Å²) in [6.07, 6.45) is 4.19. The first-order valence-corrected chi connectivity index (χ1v) is 8.47. The molecule has 6 nitrogen and oxygen atoms in total. The number of amides is 3. The van der Waals surface area contributed by atoms with Crippen LogP contribution in [0.15, 0.2) is 17.2 Å². The highest BCUT2D eigenvalue weighted by Gasteiger charge is 2.52.